The van der Waals surface area contributed by atoms with Crippen molar-refractivity contribution in [1.29, 1.82) is 0 Å². The number of phenols is 1. The Balaban J connectivity index is 1.24. The normalized spacial score (nSPS) is 29.7. The van der Waals surface area contributed by atoms with Gasteiger partial charge in [0.1, 0.15) is 24.3 Å². The van der Waals surface area contributed by atoms with Crippen LogP contribution >= 0.6 is 11.8 Å². The van der Waals surface area contributed by atoms with Gasteiger partial charge in [-0.15, -0.1) is 11.8 Å². The maximum absolute atomic E-state index is 15.0. The summed E-state index contributed by atoms with van der Waals surface area (Å²) in [5.41, 5.74) is 5.08. The topological polar surface area (TPSA) is 185 Å². The second-order valence-electron chi connectivity index (χ2n) is 16.2. The van der Waals surface area contributed by atoms with Crippen LogP contribution in [0.3, 0.4) is 0 Å². The first-order valence-corrected chi connectivity index (χ1v) is 20.5. The van der Waals surface area contributed by atoms with Crippen LogP contribution in [0.4, 0.5) is 0 Å². The number of nitrogens with zero attached hydrogens (tertiary/aromatic N) is 2. The second-order valence-corrected chi connectivity index (χ2v) is 17.3. The standard InChI is InChI=1S/C42H46N4O11S/c1-17-9-20-10-26-40(50)46-27-14-54-41(51)42(39-24(11-21(13-47)44-42)23-12-22(52-5)7-8-25(23)43-39)15-58-38(32(46)31(45(26)4)28(20)33(49)34(17)53-6)30-29(27)37-36(55-16-56-37)18(2)35(30)57-19(3)48/h7-9,12,21,26-27,31-32,38,40,43-44,47,49-50H,10-11,13-16H2,1-6H3/t21-,26+,27-,31+,32?,38+,40-,42+/m0/s1. The average molecular weight is 815 g/mol. The first-order valence-electron chi connectivity index (χ1n) is 19.5. The van der Waals surface area contributed by atoms with Gasteiger partial charge >= 0.3 is 11.9 Å². The molecule has 16 heteroatoms. The highest BCUT2D eigenvalue weighted by Crippen LogP contribution is 2.64. The number of aromatic hydroxyl groups is 1. The van der Waals surface area contributed by atoms with Gasteiger partial charge in [-0.2, -0.15) is 0 Å². The number of phenolic OH excluding ortho intramolecular Hbond substituents is 1. The minimum Gasteiger partial charge on any atom is -0.504 e. The monoisotopic (exact) mass is 814 g/mol. The van der Waals surface area contributed by atoms with Gasteiger partial charge in [0, 0.05) is 57.9 Å². The molecule has 58 heavy (non-hydrogen) atoms. The van der Waals surface area contributed by atoms with Gasteiger partial charge in [0.05, 0.1) is 49.9 Å². The average Bonchev–Trinajstić information content (AvgIpc) is 3.85. The van der Waals surface area contributed by atoms with Crippen molar-refractivity contribution in [3.05, 3.63) is 68.9 Å². The van der Waals surface area contributed by atoms with Crippen LogP contribution in [-0.4, -0.2) is 113 Å². The fraction of sp³-hybridized carbons (Fsp3) is 0.476. The third-order valence-corrected chi connectivity index (χ3v) is 14.7. The Morgan fingerprint density at radius 3 is 2.59 bits per heavy atom. The highest BCUT2D eigenvalue weighted by atomic mass is 32.2. The van der Waals surface area contributed by atoms with Crippen molar-refractivity contribution in [2.75, 3.05) is 47.0 Å². The number of aliphatic hydroxyl groups excluding tert-OH is 2. The summed E-state index contributed by atoms with van der Waals surface area (Å²) in [6.07, 6.45) is -0.174. The van der Waals surface area contributed by atoms with E-state index in [1.807, 2.05) is 50.1 Å². The van der Waals surface area contributed by atoms with E-state index in [2.05, 4.69) is 15.2 Å². The molecule has 4 aromatic rings. The zero-order valence-electron chi connectivity index (χ0n) is 33.0. The third kappa shape index (κ3) is 5.05. The van der Waals surface area contributed by atoms with E-state index >= 15 is 4.79 Å². The number of benzene rings is 3. The van der Waals surface area contributed by atoms with Gasteiger partial charge in [-0.05, 0) is 68.6 Å². The fourth-order valence-electron chi connectivity index (χ4n) is 10.8. The molecule has 8 atom stereocenters. The van der Waals surface area contributed by atoms with Crippen LogP contribution in [0.2, 0.25) is 0 Å². The summed E-state index contributed by atoms with van der Waals surface area (Å²) in [4.78, 5) is 35.7. The molecule has 0 amide bonds. The number of aliphatic hydroxyl groups is 2. The van der Waals surface area contributed by atoms with Crippen molar-refractivity contribution >= 4 is 34.6 Å². The number of carbonyl (C=O) groups excluding carboxylic acids is 2. The number of aromatic amines is 1. The molecule has 1 spiro atoms. The quantitative estimate of drug-likeness (QED) is 0.149. The number of hydrogen-bond donors (Lipinski definition) is 5. The number of rotatable bonds is 4. The van der Waals surface area contributed by atoms with Crippen LogP contribution in [0.25, 0.3) is 10.9 Å². The molecule has 4 bridgehead atoms. The molecule has 0 saturated carbocycles. The summed E-state index contributed by atoms with van der Waals surface area (Å²) in [5, 5.41) is 39.2. The van der Waals surface area contributed by atoms with Crippen molar-refractivity contribution in [3.8, 4) is 34.5 Å². The van der Waals surface area contributed by atoms with Gasteiger partial charge in [-0.1, -0.05) is 6.07 Å². The lowest BCUT2D eigenvalue weighted by atomic mass is 9.73. The van der Waals surface area contributed by atoms with Gasteiger partial charge in [0.2, 0.25) is 6.79 Å². The molecule has 5 N–H and O–H groups in total. The Hall–Kier alpha value is -4.71. The lowest BCUT2D eigenvalue weighted by molar-refractivity contribution is -0.186. The number of thioether (sulfide) groups is 1. The molecular weight excluding hydrogens is 769 g/mol. The molecule has 2 saturated heterocycles. The fourth-order valence-corrected chi connectivity index (χ4v) is 12.5. The van der Waals surface area contributed by atoms with Crippen LogP contribution in [0.5, 0.6) is 34.5 Å². The lowest BCUT2D eigenvalue weighted by Crippen LogP contribution is -2.70. The Kier molecular flexibility index (Phi) is 8.68. The number of methoxy groups -OCH3 is 2. The first kappa shape index (κ1) is 37.6. The summed E-state index contributed by atoms with van der Waals surface area (Å²) in [5.74, 6) is 1.28. The Bertz CT molecular complexity index is 2420. The third-order valence-electron chi connectivity index (χ3n) is 13.2. The zero-order chi connectivity index (χ0) is 40.5. The van der Waals surface area contributed by atoms with Crippen molar-refractivity contribution in [1.82, 2.24) is 20.1 Å². The summed E-state index contributed by atoms with van der Waals surface area (Å²) in [6.45, 7) is 4.55. The number of aryl methyl sites for hydroxylation is 1. The van der Waals surface area contributed by atoms with Gasteiger partial charge in [0.25, 0.3) is 0 Å². The van der Waals surface area contributed by atoms with Crippen molar-refractivity contribution in [2.24, 2.45) is 0 Å². The highest BCUT2D eigenvalue weighted by molar-refractivity contribution is 7.99. The smallest absolute Gasteiger partial charge is 0.333 e. The second kappa shape index (κ2) is 13.4. The van der Waals surface area contributed by atoms with E-state index < -0.39 is 59.2 Å². The largest absolute Gasteiger partial charge is 0.504 e. The predicted octanol–water partition coefficient (Wildman–Crippen LogP) is 3.55. The molecular formula is C42H46N4O11S. The lowest BCUT2D eigenvalue weighted by Gasteiger charge is -2.62. The molecule has 0 aliphatic carbocycles. The highest BCUT2D eigenvalue weighted by Gasteiger charge is 2.62. The molecule has 2 fully saturated rings. The zero-order valence-corrected chi connectivity index (χ0v) is 33.8. The Labute approximate surface area is 338 Å². The molecule has 8 heterocycles. The van der Waals surface area contributed by atoms with Gasteiger partial charge < -0.3 is 48.7 Å². The number of likely N-dealkylation sites (N-methyl/N-ethyl adjacent to an activating group) is 1. The number of esters is 2. The molecule has 3 aromatic carbocycles. The number of aromatic nitrogens is 1. The number of H-pyrrole nitrogens is 1. The van der Waals surface area contributed by atoms with E-state index in [1.165, 1.54) is 25.8 Å². The van der Waals surface area contributed by atoms with Crippen LogP contribution in [0.1, 0.15) is 68.9 Å². The van der Waals surface area contributed by atoms with E-state index in [4.69, 9.17) is 28.4 Å². The number of carbonyl (C=O) groups is 2. The number of fused-ring (bicyclic) bond motifs is 11. The number of hydrogen-bond acceptors (Lipinski definition) is 15. The predicted molar refractivity (Wildman–Crippen MR) is 211 cm³/mol. The van der Waals surface area contributed by atoms with E-state index in [-0.39, 0.29) is 31.5 Å². The van der Waals surface area contributed by atoms with Crippen molar-refractivity contribution < 1.29 is 53.3 Å². The first-order chi connectivity index (χ1) is 27.9. The molecule has 7 aliphatic heterocycles. The van der Waals surface area contributed by atoms with Crippen LogP contribution in [-0.2, 0) is 32.7 Å². The number of piperazine rings is 1. The van der Waals surface area contributed by atoms with E-state index in [0.29, 0.717) is 69.5 Å². The minimum absolute atomic E-state index is 0.0326. The Morgan fingerprint density at radius 1 is 1.05 bits per heavy atom. The van der Waals surface area contributed by atoms with Crippen molar-refractivity contribution in [2.45, 2.75) is 80.8 Å². The van der Waals surface area contributed by atoms with Gasteiger partial charge in [0.15, 0.2) is 28.5 Å². The maximum Gasteiger partial charge on any atom is 0.333 e. The molecule has 11 rings (SSSR count). The SMILES string of the molecule is COc1ccc2[nH]c3c(c2c1)C[C@@H](CO)N[C@]31CS[C@@H]2c3c(OC(C)=O)c(C)c4c(c3[C@H](COC1=O)N1C2[C@H]2c3c(cc(C)c(OC)c3O)C[C@H]([C@@H]1O)N2C)OCO4. The van der Waals surface area contributed by atoms with Crippen LogP contribution in [0.15, 0.2) is 24.3 Å². The summed E-state index contributed by atoms with van der Waals surface area (Å²) >= 11 is 1.46. The molecule has 1 unspecified atom stereocenters. The number of ether oxygens (including phenoxy) is 6. The molecule has 306 valence electrons. The van der Waals surface area contributed by atoms with Crippen LogP contribution in [0, 0.1) is 13.8 Å². The molecule has 1 aromatic heterocycles. The summed E-state index contributed by atoms with van der Waals surface area (Å²) in [7, 11) is 5.10. The van der Waals surface area contributed by atoms with Crippen molar-refractivity contribution in [3.63, 3.8) is 0 Å². The van der Waals surface area contributed by atoms with Crippen LogP contribution < -0.4 is 29.0 Å². The van der Waals surface area contributed by atoms with E-state index in [1.54, 1.807) is 7.11 Å². The van der Waals surface area contributed by atoms with E-state index in [0.717, 1.165) is 27.6 Å². The molecule has 0 radical (unpaired) electrons. The Morgan fingerprint density at radius 2 is 1.84 bits per heavy atom. The van der Waals surface area contributed by atoms with Gasteiger partial charge in [-0.25, -0.2) is 4.79 Å². The van der Waals surface area contributed by atoms with E-state index in [9.17, 15) is 20.1 Å². The maximum atomic E-state index is 15.0. The summed E-state index contributed by atoms with van der Waals surface area (Å²) in [6, 6.07) is 4.91. The number of nitrogens with one attached hydrogen (secondary N) is 2. The van der Waals surface area contributed by atoms with Gasteiger partial charge in [-0.3, -0.25) is 19.9 Å². The molecule has 7 aliphatic rings. The minimum atomic E-state index is -1.47. The molecule has 15 nitrogen and oxygen atoms in total. The summed E-state index contributed by atoms with van der Waals surface area (Å²) < 4.78 is 36.2.